The van der Waals surface area contributed by atoms with Gasteiger partial charge in [0.05, 0.1) is 19.9 Å². The number of allylic oxidation sites excluding steroid dienone is 1. The summed E-state index contributed by atoms with van der Waals surface area (Å²) in [5.41, 5.74) is 8.27. The van der Waals surface area contributed by atoms with Crippen LogP contribution in [0.25, 0.3) is 6.08 Å². The lowest BCUT2D eigenvalue weighted by molar-refractivity contribution is 0.103. The second-order valence-electron chi connectivity index (χ2n) is 6.02. The standard InChI is InChI=1S/C21H23NO5/c1-4-13(19(23)14-5-7-17(24-2)16(22)12-14)11-15-6-8-18-21(20(15)25-3)27-10-9-26-18/h5-8,11-12H,4,9-10,22H2,1-3H3. The quantitative estimate of drug-likeness (QED) is 0.475. The topological polar surface area (TPSA) is 80.0 Å². The Hall–Kier alpha value is -3.15. The van der Waals surface area contributed by atoms with Gasteiger partial charge in [-0.15, -0.1) is 0 Å². The number of ketones is 1. The van der Waals surface area contributed by atoms with Gasteiger partial charge >= 0.3 is 0 Å². The number of carbonyl (C=O) groups excluding carboxylic acids is 1. The van der Waals surface area contributed by atoms with Gasteiger partial charge in [0, 0.05) is 16.7 Å². The van der Waals surface area contributed by atoms with Crippen LogP contribution in [0.1, 0.15) is 29.3 Å². The molecule has 0 aromatic heterocycles. The van der Waals surface area contributed by atoms with E-state index in [-0.39, 0.29) is 5.78 Å². The van der Waals surface area contributed by atoms with Gasteiger partial charge in [0.2, 0.25) is 5.75 Å². The average Bonchev–Trinajstić information content (AvgIpc) is 2.71. The smallest absolute Gasteiger partial charge is 0.204 e. The average molecular weight is 369 g/mol. The molecule has 1 aliphatic rings. The second kappa shape index (κ2) is 8.03. The van der Waals surface area contributed by atoms with Crippen LogP contribution in [0.3, 0.4) is 0 Å². The fraction of sp³-hybridized carbons (Fsp3) is 0.286. The van der Waals surface area contributed by atoms with Crippen LogP contribution in [0.15, 0.2) is 35.9 Å². The molecular formula is C21H23NO5. The van der Waals surface area contributed by atoms with E-state index in [1.807, 2.05) is 25.1 Å². The second-order valence-corrected chi connectivity index (χ2v) is 6.02. The normalized spacial score (nSPS) is 13.2. The lowest BCUT2D eigenvalue weighted by atomic mass is 9.98. The van der Waals surface area contributed by atoms with Crippen LogP contribution in [0.5, 0.6) is 23.0 Å². The number of nitrogens with two attached hydrogens (primary N) is 1. The molecule has 0 spiro atoms. The predicted octanol–water partition coefficient (Wildman–Crippen LogP) is 3.73. The predicted molar refractivity (Wildman–Crippen MR) is 104 cm³/mol. The zero-order valence-electron chi connectivity index (χ0n) is 15.7. The molecule has 2 aromatic rings. The van der Waals surface area contributed by atoms with Gasteiger partial charge in [0.1, 0.15) is 19.0 Å². The first kappa shape index (κ1) is 18.6. The highest BCUT2D eigenvalue weighted by Gasteiger charge is 2.21. The number of methoxy groups -OCH3 is 2. The first-order chi connectivity index (χ1) is 13.1. The summed E-state index contributed by atoms with van der Waals surface area (Å²) >= 11 is 0. The Morgan fingerprint density at radius 1 is 1.15 bits per heavy atom. The van der Waals surface area contributed by atoms with E-state index in [0.717, 1.165) is 5.56 Å². The number of Topliss-reactive ketones (excluding diaryl/α,β-unsaturated/α-hetero) is 1. The van der Waals surface area contributed by atoms with Crippen LogP contribution in [-0.4, -0.2) is 33.2 Å². The lowest BCUT2D eigenvalue weighted by Gasteiger charge is -2.21. The monoisotopic (exact) mass is 369 g/mol. The Morgan fingerprint density at radius 2 is 1.93 bits per heavy atom. The van der Waals surface area contributed by atoms with Crippen molar-refractivity contribution in [1.82, 2.24) is 0 Å². The number of anilines is 1. The van der Waals surface area contributed by atoms with Crippen LogP contribution >= 0.6 is 0 Å². The minimum atomic E-state index is -0.0937. The third kappa shape index (κ3) is 3.69. The molecule has 0 bridgehead atoms. The van der Waals surface area contributed by atoms with E-state index in [4.69, 9.17) is 24.7 Å². The van der Waals surface area contributed by atoms with E-state index in [1.165, 1.54) is 0 Å². The summed E-state index contributed by atoms with van der Waals surface area (Å²) in [5, 5.41) is 0. The van der Waals surface area contributed by atoms with Gasteiger partial charge in [0.25, 0.3) is 0 Å². The first-order valence-corrected chi connectivity index (χ1v) is 8.74. The third-order valence-electron chi connectivity index (χ3n) is 4.39. The SMILES string of the molecule is CCC(=Cc1ccc2c(c1OC)OCCO2)C(=O)c1ccc(OC)c(N)c1. The molecule has 3 rings (SSSR count). The molecule has 2 aromatic carbocycles. The van der Waals surface area contributed by atoms with Gasteiger partial charge < -0.3 is 24.7 Å². The van der Waals surface area contributed by atoms with Gasteiger partial charge in [0.15, 0.2) is 17.3 Å². The summed E-state index contributed by atoms with van der Waals surface area (Å²) in [6.45, 7) is 2.89. The number of ether oxygens (including phenoxy) is 4. The summed E-state index contributed by atoms with van der Waals surface area (Å²) in [5.74, 6) is 2.21. The molecule has 1 heterocycles. The molecule has 2 N–H and O–H groups in total. The number of carbonyl (C=O) groups is 1. The molecule has 6 nitrogen and oxygen atoms in total. The number of hydrogen-bond donors (Lipinski definition) is 1. The van der Waals surface area contributed by atoms with Crippen LogP contribution in [0.4, 0.5) is 5.69 Å². The molecule has 0 aliphatic carbocycles. The number of rotatable bonds is 6. The van der Waals surface area contributed by atoms with Crippen LogP contribution in [0.2, 0.25) is 0 Å². The van der Waals surface area contributed by atoms with E-state index in [0.29, 0.717) is 59.5 Å². The van der Waals surface area contributed by atoms with Crippen LogP contribution in [-0.2, 0) is 0 Å². The van der Waals surface area contributed by atoms with Crippen molar-refractivity contribution in [3.8, 4) is 23.0 Å². The van der Waals surface area contributed by atoms with Gasteiger partial charge in [-0.25, -0.2) is 0 Å². The summed E-state index contributed by atoms with van der Waals surface area (Å²) in [6.07, 6.45) is 2.38. The zero-order valence-corrected chi connectivity index (χ0v) is 15.7. The summed E-state index contributed by atoms with van der Waals surface area (Å²) < 4.78 is 22.0. The summed E-state index contributed by atoms with van der Waals surface area (Å²) in [4.78, 5) is 13.0. The van der Waals surface area contributed by atoms with Crippen molar-refractivity contribution in [2.24, 2.45) is 0 Å². The molecule has 1 aliphatic heterocycles. The highest BCUT2D eigenvalue weighted by atomic mass is 16.6. The Labute approximate surface area is 158 Å². The Kier molecular flexibility index (Phi) is 5.54. The van der Waals surface area contributed by atoms with Gasteiger partial charge in [-0.05, 0) is 42.8 Å². The summed E-state index contributed by atoms with van der Waals surface area (Å²) in [7, 11) is 3.11. The Morgan fingerprint density at radius 3 is 2.59 bits per heavy atom. The molecule has 0 unspecified atom stereocenters. The van der Waals surface area contributed by atoms with Crippen LogP contribution in [0, 0.1) is 0 Å². The largest absolute Gasteiger partial charge is 0.495 e. The highest BCUT2D eigenvalue weighted by Crippen LogP contribution is 2.42. The van der Waals surface area contributed by atoms with Gasteiger partial charge in [-0.2, -0.15) is 0 Å². The lowest BCUT2D eigenvalue weighted by Crippen LogP contribution is -2.16. The van der Waals surface area contributed by atoms with E-state index in [9.17, 15) is 4.79 Å². The third-order valence-corrected chi connectivity index (χ3v) is 4.39. The highest BCUT2D eigenvalue weighted by molar-refractivity contribution is 6.12. The van der Waals surface area contributed by atoms with Crippen molar-refractivity contribution in [1.29, 1.82) is 0 Å². The number of hydrogen-bond acceptors (Lipinski definition) is 6. The van der Waals surface area contributed by atoms with E-state index >= 15 is 0 Å². The minimum Gasteiger partial charge on any atom is -0.495 e. The fourth-order valence-electron chi connectivity index (χ4n) is 3.01. The molecule has 142 valence electrons. The maximum atomic E-state index is 13.0. The van der Waals surface area contributed by atoms with E-state index in [2.05, 4.69) is 0 Å². The van der Waals surface area contributed by atoms with Gasteiger partial charge in [-0.3, -0.25) is 4.79 Å². The maximum absolute atomic E-state index is 13.0. The summed E-state index contributed by atoms with van der Waals surface area (Å²) in [6, 6.07) is 8.72. The van der Waals surface area contributed by atoms with Gasteiger partial charge in [-0.1, -0.05) is 6.92 Å². The molecule has 0 saturated carbocycles. The number of benzene rings is 2. The molecule has 0 radical (unpaired) electrons. The number of fused-ring (bicyclic) bond motifs is 1. The molecule has 0 amide bonds. The van der Waals surface area contributed by atoms with Crippen molar-refractivity contribution in [2.75, 3.05) is 33.2 Å². The molecular weight excluding hydrogens is 346 g/mol. The fourth-order valence-corrected chi connectivity index (χ4v) is 3.01. The van der Waals surface area contributed by atoms with Crippen molar-refractivity contribution in [3.63, 3.8) is 0 Å². The molecule has 27 heavy (non-hydrogen) atoms. The Balaban J connectivity index is 1.99. The maximum Gasteiger partial charge on any atom is 0.204 e. The molecule has 6 heteroatoms. The zero-order chi connectivity index (χ0) is 19.4. The van der Waals surface area contributed by atoms with Crippen molar-refractivity contribution < 1.29 is 23.7 Å². The van der Waals surface area contributed by atoms with E-state index in [1.54, 1.807) is 32.4 Å². The van der Waals surface area contributed by atoms with E-state index < -0.39 is 0 Å². The molecule has 0 fully saturated rings. The van der Waals surface area contributed by atoms with Crippen molar-refractivity contribution in [3.05, 3.63) is 47.0 Å². The number of nitrogen functional groups attached to an aromatic ring is 1. The minimum absolute atomic E-state index is 0.0937. The van der Waals surface area contributed by atoms with Crippen LogP contribution < -0.4 is 24.7 Å². The molecule has 0 atom stereocenters. The van der Waals surface area contributed by atoms with Crippen molar-refractivity contribution >= 4 is 17.5 Å². The first-order valence-electron chi connectivity index (χ1n) is 8.74. The van der Waals surface area contributed by atoms with Crippen molar-refractivity contribution in [2.45, 2.75) is 13.3 Å². The Bertz CT molecular complexity index is 888. The molecule has 0 saturated heterocycles.